The van der Waals surface area contributed by atoms with E-state index in [0.29, 0.717) is 0 Å². The fourth-order valence-electron chi connectivity index (χ4n) is 1.88. The standard InChI is InChI=1S/C14H15N3S/c1-10-9-18-14(16-10)17-15-8-11-3-2-4-13(7-11)12-5-6-12/h2-4,7-9,12H,5-6H2,1H3,(H,16,17). The van der Waals surface area contributed by atoms with Crippen LogP contribution in [-0.2, 0) is 0 Å². The Bertz CT molecular complexity index is 570. The van der Waals surface area contributed by atoms with Gasteiger partial charge in [-0.25, -0.2) is 4.98 Å². The van der Waals surface area contributed by atoms with Gasteiger partial charge in [0.05, 0.1) is 11.9 Å². The first-order valence-corrected chi connectivity index (χ1v) is 7.00. The maximum atomic E-state index is 4.29. The van der Waals surface area contributed by atoms with E-state index in [1.54, 1.807) is 11.3 Å². The van der Waals surface area contributed by atoms with Crippen LogP contribution in [0.3, 0.4) is 0 Å². The van der Waals surface area contributed by atoms with Gasteiger partial charge < -0.3 is 0 Å². The Morgan fingerprint density at radius 1 is 1.44 bits per heavy atom. The van der Waals surface area contributed by atoms with E-state index in [-0.39, 0.29) is 0 Å². The molecule has 1 N–H and O–H groups in total. The first-order chi connectivity index (χ1) is 8.81. The number of hydrogen-bond acceptors (Lipinski definition) is 4. The molecule has 0 unspecified atom stereocenters. The van der Waals surface area contributed by atoms with E-state index in [1.165, 1.54) is 18.4 Å². The minimum absolute atomic E-state index is 0.785. The van der Waals surface area contributed by atoms with Crippen molar-refractivity contribution < 1.29 is 0 Å². The van der Waals surface area contributed by atoms with Gasteiger partial charge in [-0.2, -0.15) is 5.10 Å². The molecule has 1 heterocycles. The third-order valence-corrected chi connectivity index (χ3v) is 3.82. The molecule has 3 nitrogen and oxygen atoms in total. The van der Waals surface area contributed by atoms with E-state index < -0.39 is 0 Å². The van der Waals surface area contributed by atoms with Gasteiger partial charge in [0, 0.05) is 5.38 Å². The van der Waals surface area contributed by atoms with Crippen molar-refractivity contribution in [1.82, 2.24) is 4.98 Å². The Hall–Kier alpha value is -1.68. The van der Waals surface area contributed by atoms with Crippen LogP contribution in [0.15, 0.2) is 34.7 Å². The Labute approximate surface area is 111 Å². The molecule has 2 aromatic rings. The zero-order chi connectivity index (χ0) is 12.4. The number of rotatable bonds is 4. The number of benzene rings is 1. The third-order valence-electron chi connectivity index (χ3n) is 2.95. The van der Waals surface area contributed by atoms with Crippen LogP contribution >= 0.6 is 11.3 Å². The van der Waals surface area contributed by atoms with Crippen molar-refractivity contribution in [2.45, 2.75) is 25.7 Å². The molecule has 4 heteroatoms. The molecule has 1 aliphatic rings. The highest BCUT2D eigenvalue weighted by Gasteiger charge is 2.23. The van der Waals surface area contributed by atoms with E-state index in [9.17, 15) is 0 Å². The second-order valence-corrected chi connectivity index (χ2v) is 5.47. The Kier molecular flexibility index (Phi) is 3.11. The van der Waals surface area contributed by atoms with Crippen LogP contribution in [0.2, 0.25) is 0 Å². The smallest absolute Gasteiger partial charge is 0.203 e. The molecule has 3 rings (SSSR count). The van der Waals surface area contributed by atoms with Gasteiger partial charge in [0.2, 0.25) is 5.13 Å². The number of aromatic nitrogens is 1. The lowest BCUT2D eigenvalue weighted by Gasteiger charge is -1.99. The Morgan fingerprint density at radius 2 is 2.33 bits per heavy atom. The molecule has 1 fully saturated rings. The molecule has 18 heavy (non-hydrogen) atoms. The molecule has 0 radical (unpaired) electrons. The lowest BCUT2D eigenvalue weighted by atomic mass is 10.1. The summed E-state index contributed by atoms with van der Waals surface area (Å²) in [5.74, 6) is 0.785. The second-order valence-electron chi connectivity index (χ2n) is 4.61. The molecular weight excluding hydrogens is 242 g/mol. The molecule has 0 bridgehead atoms. The Morgan fingerprint density at radius 3 is 3.06 bits per heavy atom. The number of anilines is 1. The van der Waals surface area contributed by atoms with Crippen LogP contribution < -0.4 is 5.43 Å². The third kappa shape index (κ3) is 2.76. The molecule has 0 saturated heterocycles. The molecule has 1 aromatic heterocycles. The van der Waals surface area contributed by atoms with E-state index in [0.717, 1.165) is 22.3 Å². The SMILES string of the molecule is Cc1csc(NN=Cc2cccc(C3CC3)c2)n1. The van der Waals surface area contributed by atoms with Gasteiger partial charge >= 0.3 is 0 Å². The van der Waals surface area contributed by atoms with Crippen molar-refractivity contribution >= 4 is 22.7 Å². The lowest BCUT2D eigenvalue weighted by molar-refractivity contribution is 1.13. The van der Waals surface area contributed by atoms with Crippen molar-refractivity contribution in [2.75, 3.05) is 5.43 Å². The van der Waals surface area contributed by atoms with Gasteiger partial charge in [0.15, 0.2) is 0 Å². The molecule has 0 spiro atoms. The molecule has 1 aromatic carbocycles. The number of thiazole rings is 1. The average Bonchev–Trinajstić information content (AvgIpc) is 3.14. The summed E-state index contributed by atoms with van der Waals surface area (Å²) in [5, 5.41) is 7.06. The highest BCUT2D eigenvalue weighted by atomic mass is 32.1. The van der Waals surface area contributed by atoms with Gasteiger partial charge in [-0.3, -0.25) is 5.43 Å². The summed E-state index contributed by atoms with van der Waals surface area (Å²) < 4.78 is 0. The summed E-state index contributed by atoms with van der Waals surface area (Å²) in [6.45, 7) is 1.98. The minimum Gasteiger partial charge on any atom is -0.253 e. The normalized spacial score (nSPS) is 15.2. The van der Waals surface area contributed by atoms with Gasteiger partial charge in [-0.15, -0.1) is 11.3 Å². The quantitative estimate of drug-likeness (QED) is 0.668. The monoisotopic (exact) mass is 257 g/mol. The zero-order valence-corrected chi connectivity index (χ0v) is 11.1. The topological polar surface area (TPSA) is 37.3 Å². The molecule has 0 amide bonds. The highest BCUT2D eigenvalue weighted by molar-refractivity contribution is 7.13. The number of hydrogen-bond donors (Lipinski definition) is 1. The van der Waals surface area contributed by atoms with Crippen LogP contribution in [0.25, 0.3) is 0 Å². The Balaban J connectivity index is 1.66. The fraction of sp³-hybridized carbons (Fsp3) is 0.286. The van der Waals surface area contributed by atoms with Gasteiger partial charge in [0.1, 0.15) is 0 Å². The maximum Gasteiger partial charge on any atom is 0.203 e. The van der Waals surface area contributed by atoms with E-state index >= 15 is 0 Å². The molecule has 0 aliphatic heterocycles. The van der Waals surface area contributed by atoms with Crippen LogP contribution in [-0.4, -0.2) is 11.2 Å². The van der Waals surface area contributed by atoms with E-state index in [4.69, 9.17) is 0 Å². The first kappa shape index (κ1) is 11.4. The summed E-state index contributed by atoms with van der Waals surface area (Å²) in [7, 11) is 0. The molecular formula is C14H15N3S. The maximum absolute atomic E-state index is 4.29. The number of hydrazone groups is 1. The van der Waals surface area contributed by atoms with Crippen LogP contribution in [0, 0.1) is 6.92 Å². The predicted molar refractivity (Wildman–Crippen MR) is 76.5 cm³/mol. The number of nitrogens with one attached hydrogen (secondary N) is 1. The first-order valence-electron chi connectivity index (χ1n) is 6.12. The minimum atomic E-state index is 0.785. The summed E-state index contributed by atoms with van der Waals surface area (Å²) in [6, 6.07) is 8.59. The van der Waals surface area contributed by atoms with Gasteiger partial charge in [-0.05, 0) is 42.9 Å². The van der Waals surface area contributed by atoms with E-state index in [2.05, 4.69) is 39.8 Å². The molecule has 0 atom stereocenters. The molecule has 1 aliphatic carbocycles. The van der Waals surface area contributed by atoms with Crippen molar-refractivity contribution in [3.05, 3.63) is 46.5 Å². The number of aryl methyl sites for hydroxylation is 1. The largest absolute Gasteiger partial charge is 0.253 e. The van der Waals surface area contributed by atoms with E-state index in [1.807, 2.05) is 18.5 Å². The second kappa shape index (κ2) is 4.90. The molecule has 1 saturated carbocycles. The highest BCUT2D eigenvalue weighted by Crippen LogP contribution is 2.39. The van der Waals surface area contributed by atoms with Crippen LogP contribution in [0.5, 0.6) is 0 Å². The lowest BCUT2D eigenvalue weighted by Crippen LogP contribution is -1.91. The summed E-state index contributed by atoms with van der Waals surface area (Å²) in [4.78, 5) is 4.29. The van der Waals surface area contributed by atoms with Gasteiger partial charge in [-0.1, -0.05) is 18.2 Å². The van der Waals surface area contributed by atoms with Crippen LogP contribution in [0.1, 0.15) is 35.6 Å². The zero-order valence-electron chi connectivity index (χ0n) is 10.3. The van der Waals surface area contributed by atoms with Crippen molar-refractivity contribution in [3.8, 4) is 0 Å². The number of nitrogens with zero attached hydrogens (tertiary/aromatic N) is 2. The predicted octanol–water partition coefficient (Wildman–Crippen LogP) is 3.77. The van der Waals surface area contributed by atoms with Crippen molar-refractivity contribution in [3.63, 3.8) is 0 Å². The van der Waals surface area contributed by atoms with Crippen LogP contribution in [0.4, 0.5) is 5.13 Å². The summed E-state index contributed by atoms with van der Waals surface area (Å²) >= 11 is 1.57. The molecule has 92 valence electrons. The summed E-state index contributed by atoms with van der Waals surface area (Å²) in [6.07, 6.45) is 4.51. The average molecular weight is 257 g/mol. The van der Waals surface area contributed by atoms with Crippen molar-refractivity contribution in [1.29, 1.82) is 0 Å². The summed E-state index contributed by atoms with van der Waals surface area (Å²) in [5.41, 5.74) is 6.55. The van der Waals surface area contributed by atoms with Gasteiger partial charge in [0.25, 0.3) is 0 Å². The van der Waals surface area contributed by atoms with Crippen molar-refractivity contribution in [2.24, 2.45) is 5.10 Å². The fourth-order valence-corrected chi connectivity index (χ4v) is 2.51.